The molecular formula is C36H16F12N2O6. The van der Waals surface area contributed by atoms with Crippen LogP contribution in [0.1, 0.15) is 44.3 Å². The molecule has 3 N–H and O–H groups in total. The van der Waals surface area contributed by atoms with E-state index in [9.17, 15) is 72.8 Å². The Morgan fingerprint density at radius 2 is 1.09 bits per heavy atom. The maximum Gasteiger partial charge on any atom is 0.350 e. The third-order valence-corrected chi connectivity index (χ3v) is 9.80. The number of rotatable bonds is 4. The van der Waals surface area contributed by atoms with Gasteiger partial charge in [0, 0.05) is 39.9 Å². The van der Waals surface area contributed by atoms with Gasteiger partial charge in [-0.15, -0.1) is 0 Å². The zero-order chi connectivity index (χ0) is 41.3. The molecule has 4 aromatic carbocycles. The molecule has 5 atom stereocenters. The van der Waals surface area contributed by atoms with Crippen molar-refractivity contribution in [3.8, 4) is 23.0 Å². The maximum atomic E-state index is 14.5. The predicted octanol–water partition coefficient (Wildman–Crippen LogP) is 9.11. The summed E-state index contributed by atoms with van der Waals surface area (Å²) in [6, 6.07) is 7.99. The second-order valence-corrected chi connectivity index (χ2v) is 12.9. The Hall–Kier alpha value is -5.83. The van der Waals surface area contributed by atoms with E-state index in [0.29, 0.717) is 12.1 Å². The van der Waals surface area contributed by atoms with Crippen LogP contribution in [0.15, 0.2) is 60.7 Å². The summed E-state index contributed by atoms with van der Waals surface area (Å²) in [4.78, 5) is 18.2. The number of carbonyl (C=O) groups excluding carboxylic acids is 1. The Labute approximate surface area is 304 Å². The van der Waals surface area contributed by atoms with Crippen LogP contribution >= 0.6 is 0 Å². The normalized spacial score (nSPS) is 27.4. The van der Waals surface area contributed by atoms with Gasteiger partial charge in [-0.05, 0) is 48.5 Å². The first kappa shape index (κ1) is 38.4. The molecule has 0 fully saturated rings. The highest BCUT2D eigenvalue weighted by Crippen LogP contribution is 2.69. The van der Waals surface area contributed by atoms with Crippen molar-refractivity contribution >= 4 is 17.2 Å². The van der Waals surface area contributed by atoms with E-state index in [-0.39, 0.29) is 22.9 Å². The van der Waals surface area contributed by atoms with E-state index in [1.807, 2.05) is 0 Å². The summed E-state index contributed by atoms with van der Waals surface area (Å²) >= 11 is 0. The molecule has 8 rings (SSSR count). The monoisotopic (exact) mass is 800 g/mol. The van der Waals surface area contributed by atoms with Crippen molar-refractivity contribution < 1.29 is 82.3 Å². The van der Waals surface area contributed by atoms with Crippen molar-refractivity contribution in [2.45, 2.75) is 53.3 Å². The molecule has 0 heterocycles. The lowest BCUT2D eigenvalue weighted by Gasteiger charge is -2.32. The number of aliphatic hydroxyl groups excluding tert-OH is 1. The first-order chi connectivity index (χ1) is 25.9. The molecule has 0 radical (unpaired) electrons. The van der Waals surface area contributed by atoms with Crippen LogP contribution in [0.2, 0.25) is 0 Å². The van der Waals surface area contributed by atoms with Gasteiger partial charge in [0.2, 0.25) is 17.6 Å². The lowest BCUT2D eigenvalue weighted by Crippen LogP contribution is -2.53. The highest BCUT2D eigenvalue weighted by atomic mass is 19.3. The predicted molar refractivity (Wildman–Crippen MR) is 163 cm³/mol. The molecule has 56 heavy (non-hydrogen) atoms. The van der Waals surface area contributed by atoms with E-state index >= 15 is 0 Å². The molecule has 8 nitrogen and oxygen atoms in total. The SMILES string of the molecule is [C-]#[N+]c1cc(F)cc(Oc2ccc3c4c2C(=O)[C@H](F)[C@]4(O)C(F)(F)C3(F)F)c1.[C-]#[N+]c1cc(F)cc(Oc2ccc3c4c2[C@H](O)[C@H](F)[C@]4(O)C(F)(F)C3(F)F)c1. The molecule has 0 aromatic heterocycles. The zero-order valence-electron chi connectivity index (χ0n) is 27.0. The molecule has 0 saturated heterocycles. The number of Topliss-reactive ketones (excluding diaryl/α,β-unsaturated/α-hetero) is 1. The third kappa shape index (κ3) is 4.63. The Bertz CT molecular complexity index is 2480. The van der Waals surface area contributed by atoms with Crippen molar-refractivity contribution in [2.75, 3.05) is 0 Å². The number of ketones is 1. The van der Waals surface area contributed by atoms with Gasteiger partial charge in [-0.25, -0.2) is 27.3 Å². The summed E-state index contributed by atoms with van der Waals surface area (Å²) in [7, 11) is 0. The molecule has 4 aromatic rings. The second kappa shape index (κ2) is 11.8. The quantitative estimate of drug-likeness (QED) is 0.141. The third-order valence-electron chi connectivity index (χ3n) is 9.80. The summed E-state index contributed by atoms with van der Waals surface area (Å²) in [5.74, 6) is -25.6. The summed E-state index contributed by atoms with van der Waals surface area (Å²) < 4.78 is 180. The van der Waals surface area contributed by atoms with Gasteiger partial charge in [-0.1, -0.05) is 0 Å². The highest BCUT2D eigenvalue weighted by molar-refractivity contribution is 6.09. The number of carbonyl (C=O) groups is 1. The summed E-state index contributed by atoms with van der Waals surface area (Å²) in [6.45, 7) is 13.8. The van der Waals surface area contributed by atoms with Gasteiger partial charge in [0.1, 0.15) is 40.7 Å². The van der Waals surface area contributed by atoms with Crippen LogP contribution in [0.5, 0.6) is 23.0 Å². The highest BCUT2D eigenvalue weighted by Gasteiger charge is 2.84. The first-order valence-electron chi connectivity index (χ1n) is 15.5. The largest absolute Gasteiger partial charge is 0.458 e. The van der Waals surface area contributed by atoms with Crippen LogP contribution in [-0.2, 0) is 23.0 Å². The van der Waals surface area contributed by atoms with Gasteiger partial charge in [0.05, 0.1) is 18.7 Å². The van der Waals surface area contributed by atoms with Crippen molar-refractivity contribution in [2.24, 2.45) is 0 Å². The van der Waals surface area contributed by atoms with Crippen molar-refractivity contribution in [3.05, 3.63) is 129 Å². The van der Waals surface area contributed by atoms with Gasteiger partial charge in [0.25, 0.3) is 0 Å². The number of alkyl halides is 10. The minimum Gasteiger partial charge on any atom is -0.458 e. The van der Waals surface area contributed by atoms with Crippen LogP contribution < -0.4 is 9.47 Å². The van der Waals surface area contributed by atoms with Crippen molar-refractivity contribution in [3.63, 3.8) is 0 Å². The van der Waals surface area contributed by atoms with E-state index in [1.165, 1.54) is 0 Å². The fourth-order valence-electron chi connectivity index (χ4n) is 7.24. The number of hydrogen-bond acceptors (Lipinski definition) is 6. The molecule has 290 valence electrons. The average Bonchev–Trinajstić information content (AvgIpc) is 3.57. The van der Waals surface area contributed by atoms with Crippen LogP contribution in [-0.4, -0.2) is 45.3 Å². The van der Waals surface area contributed by atoms with E-state index in [0.717, 1.165) is 48.5 Å². The molecule has 0 amide bonds. The topological polar surface area (TPSA) is 105 Å². The Morgan fingerprint density at radius 1 is 0.643 bits per heavy atom. The molecular weight excluding hydrogens is 784 g/mol. The smallest absolute Gasteiger partial charge is 0.350 e. The lowest BCUT2D eigenvalue weighted by molar-refractivity contribution is -0.304. The van der Waals surface area contributed by atoms with Gasteiger partial charge >= 0.3 is 23.7 Å². The van der Waals surface area contributed by atoms with Crippen LogP contribution in [0, 0.1) is 24.8 Å². The number of aliphatic hydroxyl groups is 3. The molecule has 20 heteroatoms. The van der Waals surface area contributed by atoms with Crippen LogP contribution in [0.4, 0.5) is 64.1 Å². The molecule has 0 spiro atoms. The van der Waals surface area contributed by atoms with Crippen LogP contribution in [0.3, 0.4) is 0 Å². The fourth-order valence-corrected chi connectivity index (χ4v) is 7.24. The molecule has 4 aliphatic carbocycles. The molecule has 0 bridgehead atoms. The molecule has 0 saturated carbocycles. The molecule has 0 unspecified atom stereocenters. The Kier molecular flexibility index (Phi) is 8.13. The summed E-state index contributed by atoms with van der Waals surface area (Å²) in [5, 5.41) is 30.4. The molecule has 0 aliphatic heterocycles. The number of nitrogens with zero attached hydrogens (tertiary/aromatic N) is 2. The number of hydrogen-bond donors (Lipinski definition) is 3. The van der Waals surface area contributed by atoms with Gasteiger partial charge < -0.3 is 24.8 Å². The van der Waals surface area contributed by atoms with Gasteiger partial charge in [-0.3, -0.25) is 4.79 Å². The van der Waals surface area contributed by atoms with Crippen molar-refractivity contribution in [1.29, 1.82) is 0 Å². The second-order valence-electron chi connectivity index (χ2n) is 12.9. The minimum atomic E-state index is -5.28. The maximum absolute atomic E-state index is 14.5. The van der Waals surface area contributed by atoms with E-state index in [1.54, 1.807) is 0 Å². The van der Waals surface area contributed by atoms with E-state index in [4.69, 9.17) is 22.6 Å². The number of halogens is 12. The zero-order valence-corrected chi connectivity index (χ0v) is 27.0. The lowest BCUT2D eigenvalue weighted by atomic mass is 9.93. The first-order valence-corrected chi connectivity index (χ1v) is 15.5. The Morgan fingerprint density at radius 3 is 1.59 bits per heavy atom. The summed E-state index contributed by atoms with van der Waals surface area (Å²) in [5.41, 5.74) is -15.3. The minimum absolute atomic E-state index is 0.175. The number of benzene rings is 4. The van der Waals surface area contributed by atoms with Crippen LogP contribution in [0.25, 0.3) is 9.69 Å². The van der Waals surface area contributed by atoms with Crippen molar-refractivity contribution in [1.82, 2.24) is 0 Å². The Balaban J connectivity index is 0.000000172. The fraction of sp³-hybridized carbons (Fsp3) is 0.250. The average molecular weight is 801 g/mol. The summed E-state index contributed by atoms with van der Waals surface area (Å²) in [6.07, 6.45) is -8.88. The van der Waals surface area contributed by atoms with E-state index < -0.39 is 116 Å². The van der Waals surface area contributed by atoms with Gasteiger partial charge in [0.15, 0.2) is 23.1 Å². The van der Waals surface area contributed by atoms with Gasteiger partial charge in [-0.2, -0.15) is 35.1 Å². The van der Waals surface area contributed by atoms with E-state index in [2.05, 4.69) is 9.69 Å². The number of ether oxygens (including phenoxy) is 2. The standard InChI is InChI=1S/C18H9F6NO3.C18H7F6NO3/c2*1-25-8-4-7(19)5-9(6-8)28-11-3-2-10-13-12(11)14(26)15(20)16(13,27)18(23,24)17(10,21)22/h2-6,14-15,26-27H;2-6,15,27H/t14-,15-,16-;15-,16-/m00/s1. The molecule has 4 aliphatic rings.